The van der Waals surface area contributed by atoms with Crippen molar-refractivity contribution in [1.82, 2.24) is 4.98 Å². The van der Waals surface area contributed by atoms with Crippen LogP contribution in [-0.4, -0.2) is 25.7 Å². The van der Waals surface area contributed by atoms with E-state index in [2.05, 4.69) is 17.2 Å². The van der Waals surface area contributed by atoms with Gasteiger partial charge in [0.05, 0.1) is 19.9 Å². The van der Waals surface area contributed by atoms with Crippen LogP contribution >= 0.6 is 0 Å². The van der Waals surface area contributed by atoms with E-state index in [0.29, 0.717) is 23.9 Å². The van der Waals surface area contributed by atoms with Gasteiger partial charge in [-0.2, -0.15) is 0 Å². The van der Waals surface area contributed by atoms with Crippen LogP contribution in [0.1, 0.15) is 12.6 Å². The van der Waals surface area contributed by atoms with Gasteiger partial charge in [-0.05, 0) is 31.2 Å². The quantitative estimate of drug-likeness (QED) is 0.848. The molecular weight excluding hydrogens is 268 g/mol. The third-order valence-electron chi connectivity index (χ3n) is 2.94. The van der Waals surface area contributed by atoms with Crippen LogP contribution in [0.4, 0.5) is 5.69 Å². The number of benzene rings is 1. The standard InChI is InChI=1S/C16H20N2O3/c1-4-17-12-8-9-18-13(10-12)11-21-16-14(19-2)6-5-7-15(16)20-3/h5-10H,4,11H2,1-3H3,(H,17,18). The molecular formula is C16H20N2O3. The summed E-state index contributed by atoms with van der Waals surface area (Å²) < 4.78 is 16.4. The van der Waals surface area contributed by atoms with Gasteiger partial charge in [0.1, 0.15) is 6.61 Å². The summed E-state index contributed by atoms with van der Waals surface area (Å²) in [4.78, 5) is 4.30. The Hall–Kier alpha value is -2.43. The fraction of sp³-hybridized carbons (Fsp3) is 0.312. The van der Waals surface area contributed by atoms with Crippen molar-refractivity contribution >= 4 is 5.69 Å². The molecule has 0 spiro atoms. The van der Waals surface area contributed by atoms with E-state index in [9.17, 15) is 0 Å². The predicted molar refractivity (Wildman–Crippen MR) is 82.3 cm³/mol. The zero-order valence-corrected chi connectivity index (χ0v) is 12.6. The van der Waals surface area contributed by atoms with Gasteiger partial charge in [-0.15, -0.1) is 0 Å². The van der Waals surface area contributed by atoms with E-state index in [-0.39, 0.29) is 0 Å². The molecule has 0 fully saturated rings. The fourth-order valence-electron chi connectivity index (χ4n) is 1.98. The van der Waals surface area contributed by atoms with Crippen molar-refractivity contribution in [1.29, 1.82) is 0 Å². The Morgan fingerprint density at radius 1 is 1.10 bits per heavy atom. The van der Waals surface area contributed by atoms with Crippen LogP contribution in [0.5, 0.6) is 17.2 Å². The van der Waals surface area contributed by atoms with E-state index in [0.717, 1.165) is 17.9 Å². The van der Waals surface area contributed by atoms with Crippen LogP contribution in [0.15, 0.2) is 36.5 Å². The summed E-state index contributed by atoms with van der Waals surface area (Å²) >= 11 is 0. The first-order valence-corrected chi connectivity index (χ1v) is 6.81. The predicted octanol–water partition coefficient (Wildman–Crippen LogP) is 3.11. The van der Waals surface area contributed by atoms with Gasteiger partial charge < -0.3 is 19.5 Å². The number of aromatic nitrogens is 1. The molecule has 0 aliphatic carbocycles. The minimum Gasteiger partial charge on any atom is -0.493 e. The molecule has 0 unspecified atom stereocenters. The fourth-order valence-corrected chi connectivity index (χ4v) is 1.98. The molecule has 0 atom stereocenters. The molecule has 112 valence electrons. The molecule has 0 amide bonds. The minimum absolute atomic E-state index is 0.343. The topological polar surface area (TPSA) is 52.6 Å². The van der Waals surface area contributed by atoms with Crippen LogP contribution in [0.3, 0.4) is 0 Å². The molecule has 21 heavy (non-hydrogen) atoms. The molecule has 1 aromatic heterocycles. The molecule has 5 nitrogen and oxygen atoms in total. The van der Waals surface area contributed by atoms with Crippen molar-refractivity contribution in [2.45, 2.75) is 13.5 Å². The second-order valence-electron chi connectivity index (χ2n) is 4.35. The maximum atomic E-state index is 5.83. The summed E-state index contributed by atoms with van der Waals surface area (Å²) in [5.41, 5.74) is 1.86. The number of anilines is 1. The normalized spacial score (nSPS) is 10.0. The molecule has 0 bridgehead atoms. The van der Waals surface area contributed by atoms with Gasteiger partial charge in [-0.25, -0.2) is 0 Å². The number of pyridine rings is 1. The lowest BCUT2D eigenvalue weighted by Gasteiger charge is -2.14. The Balaban J connectivity index is 2.14. The van der Waals surface area contributed by atoms with Crippen LogP contribution < -0.4 is 19.5 Å². The Morgan fingerprint density at radius 3 is 2.43 bits per heavy atom. The average Bonchev–Trinajstić information content (AvgIpc) is 2.53. The lowest BCUT2D eigenvalue weighted by Crippen LogP contribution is -2.03. The Morgan fingerprint density at radius 2 is 1.81 bits per heavy atom. The van der Waals surface area contributed by atoms with Crippen molar-refractivity contribution in [2.24, 2.45) is 0 Å². The van der Waals surface area contributed by atoms with E-state index in [1.807, 2.05) is 30.3 Å². The van der Waals surface area contributed by atoms with Gasteiger partial charge in [0.25, 0.3) is 0 Å². The van der Waals surface area contributed by atoms with Crippen molar-refractivity contribution in [3.05, 3.63) is 42.2 Å². The number of nitrogens with one attached hydrogen (secondary N) is 1. The number of hydrogen-bond acceptors (Lipinski definition) is 5. The van der Waals surface area contributed by atoms with Crippen LogP contribution in [0.2, 0.25) is 0 Å². The van der Waals surface area contributed by atoms with Crippen LogP contribution in [0.25, 0.3) is 0 Å². The Bertz CT molecular complexity index is 565. The highest BCUT2D eigenvalue weighted by molar-refractivity contribution is 5.51. The number of nitrogens with zero attached hydrogens (tertiary/aromatic N) is 1. The van der Waals surface area contributed by atoms with Crippen molar-refractivity contribution in [3.63, 3.8) is 0 Å². The summed E-state index contributed by atoms with van der Waals surface area (Å²) in [6.07, 6.45) is 1.76. The van der Waals surface area contributed by atoms with Gasteiger partial charge in [0.15, 0.2) is 11.5 Å². The molecule has 1 N–H and O–H groups in total. The van der Waals surface area contributed by atoms with Gasteiger partial charge >= 0.3 is 0 Å². The minimum atomic E-state index is 0.343. The molecule has 2 aromatic rings. The average molecular weight is 288 g/mol. The van der Waals surface area contributed by atoms with Crippen molar-refractivity contribution < 1.29 is 14.2 Å². The van der Waals surface area contributed by atoms with E-state index in [4.69, 9.17) is 14.2 Å². The summed E-state index contributed by atoms with van der Waals surface area (Å²) in [5, 5.41) is 3.25. The highest BCUT2D eigenvalue weighted by Gasteiger charge is 2.11. The highest BCUT2D eigenvalue weighted by atomic mass is 16.5. The highest BCUT2D eigenvalue weighted by Crippen LogP contribution is 2.37. The zero-order valence-electron chi connectivity index (χ0n) is 12.6. The monoisotopic (exact) mass is 288 g/mol. The molecule has 0 radical (unpaired) electrons. The second-order valence-corrected chi connectivity index (χ2v) is 4.35. The number of hydrogen-bond donors (Lipinski definition) is 1. The first kappa shape index (κ1) is 15.0. The third-order valence-corrected chi connectivity index (χ3v) is 2.94. The summed E-state index contributed by atoms with van der Waals surface area (Å²) in [7, 11) is 3.21. The smallest absolute Gasteiger partial charge is 0.203 e. The molecule has 2 rings (SSSR count). The SMILES string of the molecule is CCNc1ccnc(COc2c(OC)cccc2OC)c1. The summed E-state index contributed by atoms with van der Waals surface area (Å²) in [6.45, 7) is 3.26. The molecule has 1 aromatic carbocycles. The number of ether oxygens (including phenoxy) is 3. The van der Waals surface area contributed by atoms with Gasteiger partial charge in [-0.1, -0.05) is 6.07 Å². The Kier molecular flexibility index (Phi) is 5.26. The molecule has 5 heteroatoms. The lowest BCUT2D eigenvalue weighted by molar-refractivity contribution is 0.263. The van der Waals surface area contributed by atoms with Crippen molar-refractivity contribution in [2.75, 3.05) is 26.1 Å². The van der Waals surface area contributed by atoms with Crippen LogP contribution in [0, 0.1) is 0 Å². The third kappa shape index (κ3) is 3.78. The van der Waals surface area contributed by atoms with Crippen LogP contribution in [-0.2, 0) is 6.61 Å². The summed E-state index contributed by atoms with van der Waals surface area (Å²) in [5.74, 6) is 1.85. The Labute approximate surface area is 124 Å². The van der Waals surface area contributed by atoms with E-state index in [1.54, 1.807) is 20.4 Å². The second kappa shape index (κ2) is 7.38. The van der Waals surface area contributed by atoms with E-state index in [1.165, 1.54) is 0 Å². The molecule has 0 aliphatic rings. The number of rotatable bonds is 7. The molecule has 0 aliphatic heterocycles. The van der Waals surface area contributed by atoms with Gasteiger partial charge in [-0.3, -0.25) is 4.98 Å². The zero-order chi connectivity index (χ0) is 15.1. The van der Waals surface area contributed by atoms with Gasteiger partial charge in [0.2, 0.25) is 5.75 Å². The first-order valence-electron chi connectivity index (χ1n) is 6.81. The summed E-state index contributed by atoms with van der Waals surface area (Å²) in [6, 6.07) is 9.41. The first-order chi connectivity index (χ1) is 10.3. The van der Waals surface area contributed by atoms with Gasteiger partial charge in [0, 0.05) is 18.4 Å². The number of methoxy groups -OCH3 is 2. The van der Waals surface area contributed by atoms with Crippen molar-refractivity contribution in [3.8, 4) is 17.2 Å². The molecule has 0 saturated carbocycles. The maximum Gasteiger partial charge on any atom is 0.203 e. The maximum absolute atomic E-state index is 5.83. The molecule has 0 saturated heterocycles. The molecule has 1 heterocycles. The van der Waals surface area contributed by atoms with E-state index < -0.39 is 0 Å². The van der Waals surface area contributed by atoms with E-state index >= 15 is 0 Å². The number of para-hydroxylation sites is 1. The lowest BCUT2D eigenvalue weighted by atomic mass is 10.3. The largest absolute Gasteiger partial charge is 0.493 e.